The van der Waals surface area contributed by atoms with E-state index >= 15 is 0 Å². The number of rotatable bonds is 23. The van der Waals surface area contributed by atoms with Crippen molar-refractivity contribution in [1.29, 1.82) is 0 Å². The van der Waals surface area contributed by atoms with Gasteiger partial charge in [-0.3, -0.25) is 0 Å². The topological polar surface area (TPSA) is 29.3 Å². The summed E-state index contributed by atoms with van der Waals surface area (Å²) in [7, 11) is 4.48. The van der Waals surface area contributed by atoms with Crippen molar-refractivity contribution in [2.45, 2.75) is 161 Å². The Morgan fingerprint density at radius 3 is 1.65 bits per heavy atom. The Bertz CT molecular complexity index is 381. The molecule has 2 N–H and O–H groups in total. The van der Waals surface area contributed by atoms with Crippen molar-refractivity contribution in [3.05, 3.63) is 0 Å². The summed E-state index contributed by atoms with van der Waals surface area (Å²) in [6, 6.07) is 1.07. The zero-order valence-corrected chi connectivity index (χ0v) is 22.2. The lowest BCUT2D eigenvalue weighted by Gasteiger charge is -2.27. The molecule has 2 unspecified atom stereocenters. The van der Waals surface area contributed by atoms with Crippen molar-refractivity contribution >= 4 is 0 Å². The maximum Gasteiger partial charge on any atom is 0.0104 e. The fourth-order valence-electron chi connectivity index (χ4n) is 5.41. The van der Waals surface area contributed by atoms with Crippen LogP contribution in [0, 0.1) is 11.8 Å². The largest absolute Gasteiger partial charge is 0.328 e. The standard InChI is InChI=1S/C29H60N2/c1-5-7-9-11-13-16-20-26-24-27(26)21-17-14-12-15-19-23-29(31(3)4)25-28(30)22-18-10-8-6-2/h26-29H,5-25,30H2,1-4H3/t26-,27+,28?,29?/m1/s1. The van der Waals surface area contributed by atoms with Crippen LogP contribution in [-0.4, -0.2) is 31.1 Å². The van der Waals surface area contributed by atoms with Crippen LogP contribution in [0.15, 0.2) is 0 Å². The zero-order chi connectivity index (χ0) is 22.7. The molecule has 1 saturated carbocycles. The summed E-state index contributed by atoms with van der Waals surface area (Å²) in [6.07, 6.45) is 29.6. The molecule has 0 radical (unpaired) electrons. The van der Waals surface area contributed by atoms with Crippen LogP contribution in [0.5, 0.6) is 0 Å². The van der Waals surface area contributed by atoms with Gasteiger partial charge < -0.3 is 10.6 Å². The predicted molar refractivity (Wildman–Crippen MR) is 141 cm³/mol. The highest BCUT2D eigenvalue weighted by Crippen LogP contribution is 2.45. The molecule has 0 spiro atoms. The fourth-order valence-corrected chi connectivity index (χ4v) is 5.41. The first kappa shape index (κ1) is 29.0. The van der Waals surface area contributed by atoms with Crippen LogP contribution in [-0.2, 0) is 0 Å². The van der Waals surface area contributed by atoms with Crippen LogP contribution in [0.2, 0.25) is 0 Å². The lowest BCUT2D eigenvalue weighted by molar-refractivity contribution is 0.240. The van der Waals surface area contributed by atoms with Crippen LogP contribution >= 0.6 is 0 Å². The summed E-state index contributed by atoms with van der Waals surface area (Å²) in [4.78, 5) is 2.42. The van der Waals surface area contributed by atoms with Crippen molar-refractivity contribution in [1.82, 2.24) is 4.90 Å². The third kappa shape index (κ3) is 16.2. The van der Waals surface area contributed by atoms with Crippen LogP contribution in [0.1, 0.15) is 149 Å². The van der Waals surface area contributed by atoms with Gasteiger partial charge in [-0.25, -0.2) is 0 Å². The molecule has 0 saturated heterocycles. The minimum atomic E-state index is 0.395. The smallest absolute Gasteiger partial charge is 0.0104 e. The van der Waals surface area contributed by atoms with E-state index in [9.17, 15) is 0 Å². The van der Waals surface area contributed by atoms with Gasteiger partial charge in [0.2, 0.25) is 0 Å². The average Bonchev–Trinajstić information content (AvgIpc) is 3.50. The Morgan fingerprint density at radius 1 is 0.645 bits per heavy atom. The molecular formula is C29H60N2. The summed E-state index contributed by atoms with van der Waals surface area (Å²) in [5.74, 6) is 2.21. The van der Waals surface area contributed by atoms with E-state index in [1.807, 2.05) is 0 Å². The molecule has 0 heterocycles. The number of hydrogen-bond acceptors (Lipinski definition) is 2. The molecule has 1 aliphatic rings. The van der Waals surface area contributed by atoms with E-state index in [2.05, 4.69) is 32.8 Å². The molecular weight excluding hydrogens is 376 g/mol. The molecule has 31 heavy (non-hydrogen) atoms. The molecule has 4 atom stereocenters. The highest BCUT2D eigenvalue weighted by molar-refractivity contribution is 4.85. The molecule has 0 amide bonds. The number of unbranched alkanes of at least 4 members (excludes halogenated alkanes) is 12. The first-order chi connectivity index (χ1) is 15.1. The van der Waals surface area contributed by atoms with Gasteiger partial charge in [0.25, 0.3) is 0 Å². The van der Waals surface area contributed by atoms with Crippen molar-refractivity contribution in [2.24, 2.45) is 17.6 Å². The molecule has 2 nitrogen and oxygen atoms in total. The third-order valence-electron chi connectivity index (χ3n) is 7.84. The van der Waals surface area contributed by atoms with Crippen molar-refractivity contribution in [3.8, 4) is 0 Å². The lowest BCUT2D eigenvalue weighted by atomic mass is 9.96. The predicted octanol–water partition coefficient (Wildman–Crippen LogP) is 8.72. The van der Waals surface area contributed by atoms with Gasteiger partial charge in [-0.15, -0.1) is 0 Å². The van der Waals surface area contributed by atoms with Gasteiger partial charge in [0.15, 0.2) is 0 Å². The van der Waals surface area contributed by atoms with E-state index in [4.69, 9.17) is 5.73 Å². The van der Waals surface area contributed by atoms with Crippen LogP contribution in [0.4, 0.5) is 0 Å². The molecule has 2 heteroatoms. The number of hydrogen-bond donors (Lipinski definition) is 1. The summed E-state index contributed by atoms with van der Waals surface area (Å²) < 4.78 is 0. The van der Waals surface area contributed by atoms with E-state index < -0.39 is 0 Å². The first-order valence-electron chi connectivity index (χ1n) is 14.5. The molecule has 0 aromatic carbocycles. The van der Waals surface area contributed by atoms with Crippen molar-refractivity contribution < 1.29 is 0 Å². The molecule has 1 rings (SSSR count). The van der Waals surface area contributed by atoms with E-state index in [-0.39, 0.29) is 0 Å². The Labute approximate surface area is 197 Å². The second kappa shape index (κ2) is 19.4. The van der Waals surface area contributed by atoms with E-state index in [1.54, 1.807) is 6.42 Å². The summed E-state index contributed by atoms with van der Waals surface area (Å²) in [5.41, 5.74) is 6.44. The number of nitrogens with zero attached hydrogens (tertiary/aromatic N) is 1. The van der Waals surface area contributed by atoms with E-state index in [0.717, 1.165) is 11.8 Å². The lowest BCUT2D eigenvalue weighted by Crippen LogP contribution is -2.35. The highest BCUT2D eigenvalue weighted by atomic mass is 15.1. The monoisotopic (exact) mass is 436 g/mol. The average molecular weight is 437 g/mol. The fraction of sp³-hybridized carbons (Fsp3) is 1.00. The molecule has 0 aromatic rings. The number of nitrogens with two attached hydrogens (primary N) is 1. The van der Waals surface area contributed by atoms with Crippen molar-refractivity contribution in [2.75, 3.05) is 14.1 Å². The van der Waals surface area contributed by atoms with Crippen LogP contribution in [0.3, 0.4) is 0 Å². The maximum absolute atomic E-state index is 6.44. The van der Waals surface area contributed by atoms with Crippen molar-refractivity contribution in [3.63, 3.8) is 0 Å². The Hall–Kier alpha value is -0.0800. The highest BCUT2D eigenvalue weighted by Gasteiger charge is 2.34. The molecule has 0 bridgehead atoms. The van der Waals surface area contributed by atoms with E-state index in [0.29, 0.717) is 12.1 Å². The molecule has 186 valence electrons. The van der Waals surface area contributed by atoms with Gasteiger partial charge in [-0.2, -0.15) is 0 Å². The quantitative estimate of drug-likeness (QED) is 0.162. The van der Waals surface area contributed by atoms with Gasteiger partial charge in [-0.05, 0) is 51.6 Å². The van der Waals surface area contributed by atoms with Crippen LogP contribution < -0.4 is 5.73 Å². The normalized spacial score (nSPS) is 20.3. The SMILES string of the molecule is CCCCCCCC[C@@H]1C[C@@H]1CCCCCCCC(CC(N)CCCCCC)N(C)C. The second-order valence-electron chi connectivity index (χ2n) is 11.1. The molecule has 0 aromatic heterocycles. The third-order valence-corrected chi connectivity index (χ3v) is 7.84. The van der Waals surface area contributed by atoms with E-state index in [1.165, 1.54) is 128 Å². The maximum atomic E-state index is 6.44. The summed E-state index contributed by atoms with van der Waals surface area (Å²) in [5, 5.41) is 0. The van der Waals surface area contributed by atoms with Gasteiger partial charge in [0.05, 0.1) is 0 Å². The second-order valence-corrected chi connectivity index (χ2v) is 11.1. The molecule has 1 fully saturated rings. The Morgan fingerprint density at radius 2 is 1.10 bits per heavy atom. The zero-order valence-electron chi connectivity index (χ0n) is 22.2. The Balaban J connectivity index is 1.94. The minimum Gasteiger partial charge on any atom is -0.328 e. The van der Waals surface area contributed by atoms with Gasteiger partial charge in [0, 0.05) is 12.1 Å². The Kier molecular flexibility index (Phi) is 18.1. The van der Waals surface area contributed by atoms with Gasteiger partial charge in [-0.1, -0.05) is 123 Å². The molecule has 1 aliphatic carbocycles. The first-order valence-corrected chi connectivity index (χ1v) is 14.5. The molecule has 0 aliphatic heterocycles. The van der Waals surface area contributed by atoms with Gasteiger partial charge >= 0.3 is 0 Å². The summed E-state index contributed by atoms with van der Waals surface area (Å²) >= 11 is 0. The van der Waals surface area contributed by atoms with Gasteiger partial charge in [0.1, 0.15) is 0 Å². The minimum absolute atomic E-state index is 0.395. The summed E-state index contributed by atoms with van der Waals surface area (Å²) in [6.45, 7) is 4.59. The van der Waals surface area contributed by atoms with Crippen LogP contribution in [0.25, 0.3) is 0 Å².